The smallest absolute Gasteiger partial charge is 0.142 e. The van der Waals surface area contributed by atoms with Crippen LogP contribution in [0.25, 0.3) is 11.1 Å². The molecule has 0 unspecified atom stereocenters. The summed E-state index contributed by atoms with van der Waals surface area (Å²) >= 11 is 0. The molecule has 0 aliphatic carbocycles. The van der Waals surface area contributed by atoms with E-state index in [2.05, 4.69) is 25.1 Å². The van der Waals surface area contributed by atoms with Crippen LogP contribution in [0.1, 0.15) is 11.1 Å². The molecular weight excluding hydrogens is 210 g/mol. The summed E-state index contributed by atoms with van der Waals surface area (Å²) in [6.07, 6.45) is 0. The summed E-state index contributed by atoms with van der Waals surface area (Å²) in [5.74, 6) is 0.736. The van der Waals surface area contributed by atoms with Gasteiger partial charge in [0, 0.05) is 0 Å². The van der Waals surface area contributed by atoms with Crippen molar-refractivity contribution in [1.82, 2.24) is 0 Å². The van der Waals surface area contributed by atoms with E-state index in [0.29, 0.717) is 5.69 Å². The first-order valence-electron chi connectivity index (χ1n) is 5.64. The molecule has 17 heavy (non-hydrogen) atoms. The lowest BCUT2D eigenvalue weighted by atomic mass is 9.95. The Bertz CT molecular complexity index is 547. The standard InChI is InChI=1S/C15H17NO/c1-10-6-4-5-7-12(10)13-8-9-14(17-3)15(16)11(13)2/h4-9H,16H2,1-3H3. The molecule has 2 heteroatoms. The maximum Gasteiger partial charge on any atom is 0.142 e. The van der Waals surface area contributed by atoms with Gasteiger partial charge < -0.3 is 10.5 Å². The molecule has 0 saturated carbocycles. The Balaban J connectivity index is 2.62. The Kier molecular flexibility index (Phi) is 3.05. The molecule has 0 aliphatic heterocycles. The fourth-order valence-electron chi connectivity index (χ4n) is 2.05. The van der Waals surface area contributed by atoms with Crippen molar-refractivity contribution in [2.24, 2.45) is 0 Å². The summed E-state index contributed by atoms with van der Waals surface area (Å²) in [7, 11) is 1.64. The number of benzene rings is 2. The highest BCUT2D eigenvalue weighted by atomic mass is 16.5. The Morgan fingerprint density at radius 1 is 0.941 bits per heavy atom. The van der Waals surface area contributed by atoms with Crippen LogP contribution in [0.5, 0.6) is 5.75 Å². The molecule has 0 aliphatic rings. The summed E-state index contributed by atoms with van der Waals surface area (Å²) in [5.41, 5.74) is 11.5. The van der Waals surface area contributed by atoms with Crippen molar-refractivity contribution in [3.63, 3.8) is 0 Å². The van der Waals surface area contributed by atoms with Gasteiger partial charge in [-0.3, -0.25) is 0 Å². The minimum absolute atomic E-state index is 0.716. The van der Waals surface area contributed by atoms with Gasteiger partial charge in [0.1, 0.15) is 5.75 Å². The minimum Gasteiger partial charge on any atom is -0.495 e. The molecule has 0 fully saturated rings. The molecule has 0 atom stereocenters. The first kappa shape index (κ1) is 11.5. The zero-order valence-corrected chi connectivity index (χ0v) is 10.4. The number of methoxy groups -OCH3 is 1. The largest absolute Gasteiger partial charge is 0.495 e. The van der Waals surface area contributed by atoms with Gasteiger partial charge in [-0.2, -0.15) is 0 Å². The number of nitrogen functional groups attached to an aromatic ring is 1. The van der Waals surface area contributed by atoms with Crippen LogP contribution in [0, 0.1) is 13.8 Å². The maximum atomic E-state index is 6.06. The molecule has 0 aromatic heterocycles. The Morgan fingerprint density at radius 2 is 1.65 bits per heavy atom. The predicted octanol–water partition coefficient (Wildman–Crippen LogP) is 3.56. The van der Waals surface area contributed by atoms with Gasteiger partial charge in [-0.15, -0.1) is 0 Å². The van der Waals surface area contributed by atoms with Crippen LogP contribution in [-0.4, -0.2) is 7.11 Å². The molecule has 0 spiro atoms. The van der Waals surface area contributed by atoms with Crippen LogP contribution in [-0.2, 0) is 0 Å². The third kappa shape index (κ3) is 1.98. The fraction of sp³-hybridized carbons (Fsp3) is 0.200. The molecule has 2 N–H and O–H groups in total. The Labute approximate surface area is 102 Å². The quantitative estimate of drug-likeness (QED) is 0.796. The zero-order valence-electron chi connectivity index (χ0n) is 10.4. The zero-order chi connectivity index (χ0) is 12.4. The molecule has 0 saturated heterocycles. The van der Waals surface area contributed by atoms with Crippen molar-refractivity contribution >= 4 is 5.69 Å². The minimum atomic E-state index is 0.716. The van der Waals surface area contributed by atoms with Crippen molar-refractivity contribution in [2.45, 2.75) is 13.8 Å². The lowest BCUT2D eigenvalue weighted by molar-refractivity contribution is 0.417. The summed E-state index contributed by atoms with van der Waals surface area (Å²) in [6.45, 7) is 4.13. The third-order valence-corrected chi connectivity index (χ3v) is 3.13. The monoisotopic (exact) mass is 227 g/mol. The highest BCUT2D eigenvalue weighted by Gasteiger charge is 2.10. The molecule has 2 rings (SSSR count). The molecular formula is C15H17NO. The van der Waals surface area contributed by atoms with E-state index in [0.717, 1.165) is 11.3 Å². The lowest BCUT2D eigenvalue weighted by Gasteiger charge is -2.13. The highest BCUT2D eigenvalue weighted by molar-refractivity contribution is 5.77. The maximum absolute atomic E-state index is 6.06. The van der Waals surface area contributed by atoms with Crippen molar-refractivity contribution in [1.29, 1.82) is 0 Å². The average Bonchev–Trinajstić information content (AvgIpc) is 2.34. The number of hydrogen-bond acceptors (Lipinski definition) is 2. The second kappa shape index (κ2) is 4.50. The molecule has 88 valence electrons. The molecule has 0 amide bonds. The van der Waals surface area contributed by atoms with E-state index < -0.39 is 0 Å². The topological polar surface area (TPSA) is 35.2 Å². The normalized spacial score (nSPS) is 10.3. The highest BCUT2D eigenvalue weighted by Crippen LogP contribution is 2.34. The van der Waals surface area contributed by atoms with Crippen LogP contribution >= 0.6 is 0 Å². The summed E-state index contributed by atoms with van der Waals surface area (Å²) in [5, 5.41) is 0. The van der Waals surface area contributed by atoms with Crippen molar-refractivity contribution in [3.8, 4) is 16.9 Å². The molecule has 0 radical (unpaired) electrons. The Hall–Kier alpha value is -1.96. The molecule has 2 aromatic carbocycles. The molecule has 2 aromatic rings. The van der Waals surface area contributed by atoms with Crippen LogP contribution < -0.4 is 10.5 Å². The SMILES string of the molecule is COc1ccc(-c2ccccc2C)c(C)c1N. The van der Waals surface area contributed by atoms with Gasteiger partial charge in [-0.05, 0) is 42.2 Å². The number of rotatable bonds is 2. The van der Waals surface area contributed by atoms with E-state index in [-0.39, 0.29) is 0 Å². The lowest BCUT2D eigenvalue weighted by Crippen LogP contribution is -1.97. The molecule has 0 bridgehead atoms. The van der Waals surface area contributed by atoms with Crippen LogP contribution in [0.2, 0.25) is 0 Å². The average molecular weight is 227 g/mol. The number of nitrogens with two attached hydrogens (primary N) is 1. The van der Waals surface area contributed by atoms with Gasteiger partial charge in [0.15, 0.2) is 0 Å². The van der Waals surface area contributed by atoms with Crippen molar-refractivity contribution in [2.75, 3.05) is 12.8 Å². The second-order valence-corrected chi connectivity index (χ2v) is 4.17. The number of aryl methyl sites for hydroxylation is 1. The first-order chi connectivity index (χ1) is 8.15. The van der Waals surface area contributed by atoms with Crippen LogP contribution in [0.3, 0.4) is 0 Å². The van der Waals surface area contributed by atoms with Gasteiger partial charge in [0.25, 0.3) is 0 Å². The summed E-state index contributed by atoms with van der Waals surface area (Å²) < 4.78 is 5.22. The summed E-state index contributed by atoms with van der Waals surface area (Å²) in [6, 6.07) is 12.3. The summed E-state index contributed by atoms with van der Waals surface area (Å²) in [4.78, 5) is 0. The van der Waals surface area contributed by atoms with E-state index in [9.17, 15) is 0 Å². The number of ether oxygens (including phenoxy) is 1. The Morgan fingerprint density at radius 3 is 2.29 bits per heavy atom. The predicted molar refractivity (Wildman–Crippen MR) is 72.3 cm³/mol. The van der Waals surface area contributed by atoms with E-state index in [4.69, 9.17) is 10.5 Å². The molecule has 0 heterocycles. The van der Waals surface area contributed by atoms with Crippen molar-refractivity contribution < 1.29 is 4.74 Å². The van der Waals surface area contributed by atoms with E-state index in [1.807, 2.05) is 25.1 Å². The van der Waals surface area contributed by atoms with Gasteiger partial charge in [-0.25, -0.2) is 0 Å². The van der Waals surface area contributed by atoms with Crippen molar-refractivity contribution in [3.05, 3.63) is 47.5 Å². The number of hydrogen-bond donors (Lipinski definition) is 1. The second-order valence-electron chi connectivity index (χ2n) is 4.17. The third-order valence-electron chi connectivity index (χ3n) is 3.13. The van der Waals surface area contributed by atoms with E-state index >= 15 is 0 Å². The fourth-order valence-corrected chi connectivity index (χ4v) is 2.05. The van der Waals surface area contributed by atoms with Gasteiger partial charge in [0.2, 0.25) is 0 Å². The molecule has 2 nitrogen and oxygen atoms in total. The first-order valence-corrected chi connectivity index (χ1v) is 5.64. The van der Waals surface area contributed by atoms with E-state index in [1.165, 1.54) is 16.7 Å². The van der Waals surface area contributed by atoms with Gasteiger partial charge >= 0.3 is 0 Å². The van der Waals surface area contributed by atoms with Gasteiger partial charge in [-0.1, -0.05) is 30.3 Å². The number of anilines is 1. The van der Waals surface area contributed by atoms with Gasteiger partial charge in [0.05, 0.1) is 12.8 Å². The van der Waals surface area contributed by atoms with Crippen LogP contribution in [0.4, 0.5) is 5.69 Å². The van der Waals surface area contributed by atoms with Crippen LogP contribution in [0.15, 0.2) is 36.4 Å². The van der Waals surface area contributed by atoms with E-state index in [1.54, 1.807) is 7.11 Å².